The van der Waals surface area contributed by atoms with E-state index >= 15 is 0 Å². The van der Waals surface area contributed by atoms with Gasteiger partial charge in [0.05, 0.1) is 21.3 Å². The molecule has 0 atom stereocenters. The van der Waals surface area contributed by atoms with Crippen LogP contribution in [-0.2, 0) is 0 Å². The van der Waals surface area contributed by atoms with Gasteiger partial charge in [-0.05, 0) is 37.9 Å². The third kappa shape index (κ3) is 2.61. The van der Waals surface area contributed by atoms with Gasteiger partial charge in [0.25, 0.3) is 0 Å². The summed E-state index contributed by atoms with van der Waals surface area (Å²) in [7, 11) is 4.41. The molecule has 19 heavy (non-hydrogen) atoms. The fourth-order valence-electron chi connectivity index (χ4n) is 2.60. The largest absolute Gasteiger partial charge is 0.493 e. The van der Waals surface area contributed by atoms with Gasteiger partial charge in [-0.3, -0.25) is 0 Å². The lowest BCUT2D eigenvalue weighted by molar-refractivity contribution is 0.314. The van der Waals surface area contributed by atoms with Gasteiger partial charge in [0.2, 0.25) is 11.6 Å². The number of hydrogen-bond donors (Lipinski definition) is 1. The Morgan fingerprint density at radius 1 is 1.05 bits per heavy atom. The molecule has 0 bridgehead atoms. The van der Waals surface area contributed by atoms with Gasteiger partial charge in [0.15, 0.2) is 11.5 Å². The lowest BCUT2D eigenvalue weighted by Crippen LogP contribution is -2.27. The van der Waals surface area contributed by atoms with Crippen LogP contribution < -0.4 is 19.5 Å². The minimum Gasteiger partial charge on any atom is -0.493 e. The first-order valence-corrected chi connectivity index (χ1v) is 6.42. The molecule has 1 heterocycles. The summed E-state index contributed by atoms with van der Waals surface area (Å²) in [5, 5.41) is 3.30. The Kier molecular flexibility index (Phi) is 4.47. The minimum atomic E-state index is -0.488. The highest BCUT2D eigenvalue weighted by Crippen LogP contribution is 2.43. The number of nitrogens with one attached hydrogen (secondary N) is 1. The highest BCUT2D eigenvalue weighted by molar-refractivity contribution is 5.53. The van der Waals surface area contributed by atoms with E-state index in [4.69, 9.17) is 14.2 Å². The fraction of sp³-hybridized carbons (Fsp3) is 0.571. The average molecular weight is 269 g/mol. The Morgan fingerprint density at radius 2 is 1.68 bits per heavy atom. The third-order valence-electron chi connectivity index (χ3n) is 3.58. The summed E-state index contributed by atoms with van der Waals surface area (Å²) in [5.41, 5.74) is 0.860. The molecule has 1 N–H and O–H groups in total. The smallest absolute Gasteiger partial charge is 0.210 e. The normalized spacial score (nSPS) is 16.2. The van der Waals surface area contributed by atoms with Crippen LogP contribution in [-0.4, -0.2) is 34.4 Å². The van der Waals surface area contributed by atoms with Gasteiger partial charge in [-0.2, -0.15) is 4.39 Å². The summed E-state index contributed by atoms with van der Waals surface area (Å²) in [6, 6.07) is 1.83. The molecule has 0 unspecified atom stereocenters. The van der Waals surface area contributed by atoms with Gasteiger partial charge in [-0.15, -0.1) is 0 Å². The predicted molar refractivity (Wildman–Crippen MR) is 70.9 cm³/mol. The quantitative estimate of drug-likeness (QED) is 0.910. The Bertz CT molecular complexity index is 445. The maximum Gasteiger partial charge on any atom is 0.210 e. The Labute approximate surface area is 112 Å². The van der Waals surface area contributed by atoms with Gasteiger partial charge >= 0.3 is 0 Å². The lowest BCUT2D eigenvalue weighted by Gasteiger charge is -2.25. The highest BCUT2D eigenvalue weighted by atomic mass is 19.1. The molecular weight excluding hydrogens is 249 g/mol. The lowest BCUT2D eigenvalue weighted by atomic mass is 9.89. The van der Waals surface area contributed by atoms with Crippen LogP contribution in [0, 0.1) is 5.82 Å². The van der Waals surface area contributed by atoms with E-state index in [-0.39, 0.29) is 17.4 Å². The van der Waals surface area contributed by atoms with Crippen LogP contribution in [0.25, 0.3) is 0 Å². The van der Waals surface area contributed by atoms with Crippen molar-refractivity contribution < 1.29 is 18.6 Å². The second-order valence-corrected chi connectivity index (χ2v) is 4.57. The molecule has 0 amide bonds. The molecule has 2 rings (SSSR count). The molecule has 1 aromatic carbocycles. The van der Waals surface area contributed by atoms with Crippen LogP contribution in [0.3, 0.4) is 0 Å². The maximum absolute atomic E-state index is 14.4. The number of hydrogen-bond acceptors (Lipinski definition) is 4. The van der Waals surface area contributed by atoms with Crippen molar-refractivity contribution in [2.75, 3.05) is 34.4 Å². The van der Waals surface area contributed by atoms with E-state index < -0.39 is 5.82 Å². The zero-order valence-electron chi connectivity index (χ0n) is 11.6. The van der Waals surface area contributed by atoms with Crippen molar-refractivity contribution in [1.29, 1.82) is 0 Å². The second kappa shape index (κ2) is 6.10. The summed E-state index contributed by atoms with van der Waals surface area (Å²) >= 11 is 0. The SMILES string of the molecule is COc1cc(C2CCNCC2)c(OC)c(F)c1OC. The molecule has 5 heteroatoms. The first kappa shape index (κ1) is 13.9. The molecule has 1 fully saturated rings. The van der Waals surface area contributed by atoms with Crippen molar-refractivity contribution in [3.05, 3.63) is 17.4 Å². The summed E-state index contributed by atoms with van der Waals surface area (Å²) in [4.78, 5) is 0. The van der Waals surface area contributed by atoms with E-state index in [9.17, 15) is 4.39 Å². The molecular formula is C14H20FNO3. The number of piperidine rings is 1. The summed E-state index contributed by atoms with van der Waals surface area (Å²) in [6.07, 6.45) is 1.93. The standard InChI is InChI=1S/C14H20FNO3/c1-17-11-8-10(9-4-6-16-7-5-9)13(18-2)12(15)14(11)19-3/h8-9,16H,4-7H2,1-3H3. The summed E-state index contributed by atoms with van der Waals surface area (Å²) < 4.78 is 29.9. The van der Waals surface area contributed by atoms with Crippen LogP contribution >= 0.6 is 0 Å². The van der Waals surface area contributed by atoms with Crippen molar-refractivity contribution in [3.63, 3.8) is 0 Å². The van der Waals surface area contributed by atoms with E-state index in [1.807, 2.05) is 6.07 Å². The van der Waals surface area contributed by atoms with Gasteiger partial charge in [0.1, 0.15) is 0 Å². The molecule has 4 nitrogen and oxygen atoms in total. The summed E-state index contributed by atoms with van der Waals surface area (Å²) in [6.45, 7) is 1.87. The molecule has 0 spiro atoms. The van der Waals surface area contributed by atoms with Crippen molar-refractivity contribution in [2.45, 2.75) is 18.8 Å². The van der Waals surface area contributed by atoms with E-state index in [2.05, 4.69) is 5.32 Å². The zero-order valence-corrected chi connectivity index (χ0v) is 11.6. The van der Waals surface area contributed by atoms with Crippen molar-refractivity contribution in [1.82, 2.24) is 5.32 Å². The van der Waals surface area contributed by atoms with Crippen LogP contribution in [0.2, 0.25) is 0 Å². The van der Waals surface area contributed by atoms with Crippen molar-refractivity contribution in [2.24, 2.45) is 0 Å². The number of methoxy groups -OCH3 is 3. The monoisotopic (exact) mass is 269 g/mol. The fourth-order valence-corrected chi connectivity index (χ4v) is 2.60. The van der Waals surface area contributed by atoms with Gasteiger partial charge in [-0.1, -0.05) is 0 Å². The third-order valence-corrected chi connectivity index (χ3v) is 3.58. The van der Waals surface area contributed by atoms with Gasteiger partial charge in [-0.25, -0.2) is 0 Å². The molecule has 106 valence electrons. The van der Waals surface area contributed by atoms with Crippen LogP contribution in [0.15, 0.2) is 6.07 Å². The number of halogens is 1. The second-order valence-electron chi connectivity index (χ2n) is 4.57. The Morgan fingerprint density at radius 3 is 2.21 bits per heavy atom. The molecule has 0 aliphatic carbocycles. The molecule has 1 aliphatic rings. The molecule has 0 radical (unpaired) electrons. The molecule has 1 saturated heterocycles. The van der Waals surface area contributed by atoms with Crippen molar-refractivity contribution >= 4 is 0 Å². The number of benzene rings is 1. The molecule has 0 aromatic heterocycles. The molecule has 1 aromatic rings. The first-order valence-electron chi connectivity index (χ1n) is 6.42. The van der Waals surface area contributed by atoms with Crippen LogP contribution in [0.1, 0.15) is 24.3 Å². The molecule has 0 saturated carbocycles. The minimum absolute atomic E-state index is 0.0945. The zero-order chi connectivity index (χ0) is 13.8. The summed E-state index contributed by atoms with van der Waals surface area (Å²) in [5.74, 6) is 0.569. The Balaban J connectivity index is 2.49. The average Bonchev–Trinajstić information content (AvgIpc) is 2.47. The van der Waals surface area contributed by atoms with Gasteiger partial charge < -0.3 is 19.5 Å². The predicted octanol–water partition coefficient (Wildman–Crippen LogP) is 2.32. The van der Waals surface area contributed by atoms with Crippen LogP contribution in [0.5, 0.6) is 17.2 Å². The van der Waals surface area contributed by atoms with Crippen molar-refractivity contribution in [3.8, 4) is 17.2 Å². The van der Waals surface area contributed by atoms with E-state index in [1.54, 1.807) is 0 Å². The van der Waals surface area contributed by atoms with E-state index in [0.717, 1.165) is 31.5 Å². The topological polar surface area (TPSA) is 39.7 Å². The molecule has 1 aliphatic heterocycles. The van der Waals surface area contributed by atoms with Crippen LogP contribution in [0.4, 0.5) is 4.39 Å². The first-order chi connectivity index (χ1) is 9.22. The van der Waals surface area contributed by atoms with E-state index in [0.29, 0.717) is 5.75 Å². The van der Waals surface area contributed by atoms with E-state index in [1.165, 1.54) is 21.3 Å². The number of ether oxygens (including phenoxy) is 3. The Hall–Kier alpha value is -1.49. The van der Waals surface area contributed by atoms with Gasteiger partial charge in [0, 0.05) is 5.56 Å². The number of rotatable bonds is 4. The maximum atomic E-state index is 14.4. The highest BCUT2D eigenvalue weighted by Gasteiger charge is 2.26.